The number of halogens is 1. The molecule has 1 aliphatic rings. The Labute approximate surface area is 152 Å². The second-order valence-corrected chi connectivity index (χ2v) is 7.29. The number of amides is 1. The van der Waals surface area contributed by atoms with Crippen molar-refractivity contribution >= 4 is 17.2 Å². The predicted octanol–water partition coefficient (Wildman–Crippen LogP) is 3.48. The quantitative estimate of drug-likeness (QED) is 0.768. The van der Waals surface area contributed by atoms with Gasteiger partial charge in [0.05, 0.1) is 12.1 Å². The second kappa shape index (κ2) is 9.06. The molecule has 1 aliphatic heterocycles. The molecule has 2 aromatic rings. The SMILES string of the molecule is O=C(Cc1csc(-c2ccc(F)cc2)n1)NCCCN1CCCCC1. The van der Waals surface area contributed by atoms with Crippen molar-refractivity contribution in [3.8, 4) is 10.6 Å². The van der Waals surface area contributed by atoms with E-state index in [1.165, 1.54) is 55.8 Å². The summed E-state index contributed by atoms with van der Waals surface area (Å²) in [4.78, 5) is 19.0. The number of carbonyl (C=O) groups is 1. The molecular formula is C19H24FN3OS. The van der Waals surface area contributed by atoms with Gasteiger partial charge in [-0.1, -0.05) is 6.42 Å². The number of hydrogen-bond donors (Lipinski definition) is 1. The van der Waals surface area contributed by atoms with Gasteiger partial charge in [-0.15, -0.1) is 11.3 Å². The Balaban J connectivity index is 1.40. The number of aromatic nitrogens is 1. The van der Waals surface area contributed by atoms with Crippen molar-refractivity contribution < 1.29 is 9.18 Å². The van der Waals surface area contributed by atoms with Crippen LogP contribution in [0.2, 0.25) is 0 Å². The smallest absolute Gasteiger partial charge is 0.226 e. The van der Waals surface area contributed by atoms with Gasteiger partial charge >= 0.3 is 0 Å². The normalized spacial score (nSPS) is 15.2. The van der Waals surface area contributed by atoms with Gasteiger partial charge in [-0.05, 0) is 63.2 Å². The minimum atomic E-state index is -0.260. The maximum atomic E-state index is 13.0. The van der Waals surface area contributed by atoms with Crippen LogP contribution in [0.25, 0.3) is 10.6 Å². The monoisotopic (exact) mass is 361 g/mol. The number of piperidine rings is 1. The van der Waals surface area contributed by atoms with Gasteiger partial charge in [0.15, 0.2) is 0 Å². The van der Waals surface area contributed by atoms with Crippen LogP contribution in [-0.2, 0) is 11.2 Å². The summed E-state index contributed by atoms with van der Waals surface area (Å²) in [6.07, 6.45) is 5.23. The highest BCUT2D eigenvalue weighted by atomic mass is 32.1. The Morgan fingerprint density at radius 3 is 2.72 bits per heavy atom. The number of nitrogens with one attached hydrogen (secondary N) is 1. The van der Waals surface area contributed by atoms with Crippen LogP contribution in [0, 0.1) is 5.82 Å². The van der Waals surface area contributed by atoms with E-state index in [1.807, 2.05) is 5.38 Å². The van der Waals surface area contributed by atoms with E-state index in [0.717, 1.165) is 29.2 Å². The van der Waals surface area contributed by atoms with Crippen LogP contribution >= 0.6 is 11.3 Å². The van der Waals surface area contributed by atoms with Crippen LogP contribution < -0.4 is 5.32 Å². The molecule has 1 N–H and O–H groups in total. The van der Waals surface area contributed by atoms with Gasteiger partial charge in [0, 0.05) is 17.5 Å². The fourth-order valence-corrected chi connectivity index (χ4v) is 3.88. The van der Waals surface area contributed by atoms with Crippen LogP contribution in [0.4, 0.5) is 4.39 Å². The lowest BCUT2D eigenvalue weighted by molar-refractivity contribution is -0.120. The number of carbonyl (C=O) groups excluding carboxylic acids is 1. The molecule has 0 spiro atoms. The molecule has 134 valence electrons. The maximum Gasteiger partial charge on any atom is 0.226 e. The average Bonchev–Trinajstić information content (AvgIpc) is 3.09. The minimum absolute atomic E-state index is 0.00889. The van der Waals surface area contributed by atoms with Crippen molar-refractivity contribution in [3.05, 3.63) is 41.2 Å². The van der Waals surface area contributed by atoms with Crippen LogP contribution in [0.1, 0.15) is 31.4 Å². The number of hydrogen-bond acceptors (Lipinski definition) is 4. The first-order valence-electron chi connectivity index (χ1n) is 8.90. The maximum absolute atomic E-state index is 13.0. The minimum Gasteiger partial charge on any atom is -0.356 e. The fourth-order valence-electron chi connectivity index (χ4n) is 3.05. The molecule has 0 unspecified atom stereocenters. The van der Waals surface area contributed by atoms with Gasteiger partial charge in [-0.2, -0.15) is 0 Å². The highest BCUT2D eigenvalue weighted by Crippen LogP contribution is 2.24. The van der Waals surface area contributed by atoms with Crippen LogP contribution in [-0.4, -0.2) is 42.0 Å². The summed E-state index contributed by atoms with van der Waals surface area (Å²) in [5, 5.41) is 5.68. The van der Waals surface area contributed by atoms with E-state index in [4.69, 9.17) is 0 Å². The van der Waals surface area contributed by atoms with Crippen LogP contribution in [0.3, 0.4) is 0 Å². The Morgan fingerprint density at radius 1 is 1.20 bits per heavy atom. The van der Waals surface area contributed by atoms with Crippen molar-refractivity contribution in [1.82, 2.24) is 15.2 Å². The summed E-state index contributed by atoms with van der Waals surface area (Å²) in [5.74, 6) is -0.251. The van der Waals surface area contributed by atoms with Crippen molar-refractivity contribution in [1.29, 1.82) is 0 Å². The van der Waals surface area contributed by atoms with E-state index in [9.17, 15) is 9.18 Å². The van der Waals surface area contributed by atoms with Gasteiger partial charge in [0.2, 0.25) is 5.91 Å². The van der Waals surface area contributed by atoms with E-state index in [0.29, 0.717) is 13.0 Å². The fraction of sp³-hybridized carbons (Fsp3) is 0.474. The largest absolute Gasteiger partial charge is 0.356 e. The van der Waals surface area contributed by atoms with Crippen molar-refractivity contribution in [2.24, 2.45) is 0 Å². The molecule has 6 heteroatoms. The number of rotatable bonds is 7. The summed E-state index contributed by atoms with van der Waals surface area (Å²) in [6, 6.07) is 6.26. The highest BCUT2D eigenvalue weighted by molar-refractivity contribution is 7.13. The molecule has 25 heavy (non-hydrogen) atoms. The third-order valence-electron chi connectivity index (χ3n) is 4.41. The zero-order chi connectivity index (χ0) is 17.5. The summed E-state index contributed by atoms with van der Waals surface area (Å²) in [5.41, 5.74) is 1.64. The average molecular weight is 361 g/mol. The molecule has 2 heterocycles. The first-order valence-corrected chi connectivity index (χ1v) is 9.78. The van der Waals surface area contributed by atoms with E-state index in [-0.39, 0.29) is 11.7 Å². The van der Waals surface area contributed by atoms with Gasteiger partial charge in [-0.3, -0.25) is 4.79 Å². The lowest BCUT2D eigenvalue weighted by Gasteiger charge is -2.26. The van der Waals surface area contributed by atoms with Gasteiger partial charge in [0.1, 0.15) is 10.8 Å². The standard InChI is InChI=1S/C19H24FN3OS/c20-16-7-5-15(6-8-16)19-22-17(14-25-19)13-18(24)21-9-4-12-23-10-2-1-3-11-23/h5-8,14H,1-4,9-13H2,(H,21,24). The third-order valence-corrected chi connectivity index (χ3v) is 5.35. The Kier molecular flexibility index (Phi) is 6.53. The molecule has 1 saturated heterocycles. The molecule has 0 atom stereocenters. The molecule has 1 fully saturated rings. The third kappa shape index (κ3) is 5.61. The van der Waals surface area contributed by atoms with Crippen molar-refractivity contribution in [3.63, 3.8) is 0 Å². The zero-order valence-corrected chi connectivity index (χ0v) is 15.2. The van der Waals surface area contributed by atoms with E-state index in [1.54, 1.807) is 12.1 Å². The molecule has 4 nitrogen and oxygen atoms in total. The highest BCUT2D eigenvalue weighted by Gasteiger charge is 2.11. The predicted molar refractivity (Wildman–Crippen MR) is 99.1 cm³/mol. The number of likely N-dealkylation sites (tertiary alicyclic amines) is 1. The second-order valence-electron chi connectivity index (χ2n) is 6.43. The van der Waals surface area contributed by atoms with Crippen molar-refractivity contribution in [2.75, 3.05) is 26.2 Å². The van der Waals surface area contributed by atoms with Gasteiger partial charge in [0.25, 0.3) is 0 Å². The first kappa shape index (κ1) is 18.0. The molecule has 1 aromatic heterocycles. The number of thiazole rings is 1. The van der Waals surface area contributed by atoms with Gasteiger partial charge in [-0.25, -0.2) is 9.37 Å². The molecule has 0 bridgehead atoms. The Bertz CT molecular complexity index is 680. The van der Waals surface area contributed by atoms with E-state index in [2.05, 4.69) is 15.2 Å². The van der Waals surface area contributed by atoms with E-state index >= 15 is 0 Å². The molecule has 1 aromatic carbocycles. The molecule has 0 aliphatic carbocycles. The lowest BCUT2D eigenvalue weighted by atomic mass is 10.1. The summed E-state index contributed by atoms with van der Waals surface area (Å²) in [7, 11) is 0. The Hall–Kier alpha value is -1.79. The number of nitrogens with zero attached hydrogens (tertiary/aromatic N) is 2. The van der Waals surface area contributed by atoms with Gasteiger partial charge < -0.3 is 10.2 Å². The molecule has 0 radical (unpaired) electrons. The van der Waals surface area contributed by atoms with E-state index < -0.39 is 0 Å². The molecule has 0 saturated carbocycles. The van der Waals surface area contributed by atoms with Crippen LogP contribution in [0.5, 0.6) is 0 Å². The van der Waals surface area contributed by atoms with Crippen molar-refractivity contribution in [2.45, 2.75) is 32.1 Å². The Morgan fingerprint density at radius 2 is 1.96 bits per heavy atom. The summed E-state index contributed by atoms with van der Waals surface area (Å²) < 4.78 is 13.0. The molecule has 1 amide bonds. The molecule has 3 rings (SSSR count). The summed E-state index contributed by atoms with van der Waals surface area (Å²) in [6.45, 7) is 4.16. The zero-order valence-electron chi connectivity index (χ0n) is 14.3. The number of benzene rings is 1. The van der Waals surface area contributed by atoms with Crippen LogP contribution in [0.15, 0.2) is 29.6 Å². The molecular weight excluding hydrogens is 337 g/mol. The first-order chi connectivity index (χ1) is 12.2. The lowest BCUT2D eigenvalue weighted by Crippen LogP contribution is -2.33. The summed E-state index contributed by atoms with van der Waals surface area (Å²) >= 11 is 1.48. The topological polar surface area (TPSA) is 45.2 Å².